The average Bonchev–Trinajstić information content (AvgIpc) is 2.81. The summed E-state index contributed by atoms with van der Waals surface area (Å²) < 4.78 is 26.0. The highest BCUT2D eigenvalue weighted by Gasteiger charge is 2.19. The van der Waals surface area contributed by atoms with Gasteiger partial charge in [0.05, 0.1) is 6.54 Å². The molecule has 1 rings (SSSR count). The topological polar surface area (TPSA) is 67.2 Å². The Morgan fingerprint density at radius 1 is 1.50 bits per heavy atom. The fourth-order valence-electron chi connectivity index (χ4n) is 1.86. The number of hydrogen-bond acceptors (Lipinski definition) is 3. The third-order valence-corrected chi connectivity index (χ3v) is 3.24. The van der Waals surface area contributed by atoms with Crippen LogP contribution in [0.3, 0.4) is 0 Å². The molecule has 0 saturated heterocycles. The molecule has 0 aliphatic heterocycles. The van der Waals surface area contributed by atoms with Gasteiger partial charge in [0.25, 0.3) is 0 Å². The third kappa shape index (κ3) is 5.64. The van der Waals surface area contributed by atoms with E-state index < -0.39 is 12.5 Å². The van der Waals surface area contributed by atoms with Gasteiger partial charge in [-0.2, -0.15) is 8.78 Å². The summed E-state index contributed by atoms with van der Waals surface area (Å²) in [5.41, 5.74) is -0.0937. The minimum absolute atomic E-state index is 0.0937. The van der Waals surface area contributed by atoms with Gasteiger partial charge in [0.1, 0.15) is 5.82 Å². The number of carbonyl (C=O) groups is 1. The molecule has 0 bridgehead atoms. The number of rotatable bonds is 9. The van der Waals surface area contributed by atoms with E-state index in [1.165, 1.54) is 12.4 Å². The molecule has 0 aliphatic rings. The Morgan fingerprint density at radius 3 is 2.80 bits per heavy atom. The smallest absolute Gasteiger partial charge is 0.319 e. The molecule has 0 atom stereocenters. The van der Waals surface area contributed by atoms with Crippen molar-refractivity contribution in [2.24, 2.45) is 5.41 Å². The number of carboxylic acids is 1. The van der Waals surface area contributed by atoms with Crippen LogP contribution in [0.4, 0.5) is 8.78 Å². The van der Waals surface area contributed by atoms with E-state index in [2.05, 4.69) is 10.3 Å². The van der Waals surface area contributed by atoms with Crippen LogP contribution in [0, 0.1) is 5.41 Å². The maximum Gasteiger partial charge on any atom is 0.319 e. The number of halogens is 2. The summed E-state index contributed by atoms with van der Waals surface area (Å²) in [7, 11) is 0. The molecule has 0 spiro atoms. The van der Waals surface area contributed by atoms with Crippen molar-refractivity contribution in [1.29, 1.82) is 0 Å². The first-order chi connectivity index (χ1) is 9.32. The number of imidazole rings is 1. The molecule has 0 fully saturated rings. The van der Waals surface area contributed by atoms with Gasteiger partial charge < -0.3 is 10.4 Å². The first kappa shape index (κ1) is 16.6. The molecule has 0 aromatic carbocycles. The quantitative estimate of drug-likeness (QED) is 0.686. The number of nitrogens with one attached hydrogen (secondary N) is 1. The fourth-order valence-corrected chi connectivity index (χ4v) is 1.86. The van der Waals surface area contributed by atoms with Crippen molar-refractivity contribution >= 4 is 5.97 Å². The lowest BCUT2D eigenvalue weighted by molar-refractivity contribution is -0.137. The van der Waals surface area contributed by atoms with Crippen LogP contribution in [-0.2, 0) is 11.3 Å². The fraction of sp³-hybridized carbons (Fsp3) is 0.692. The number of hydrogen-bond donors (Lipinski definition) is 2. The minimum atomic E-state index is -2.58. The first-order valence-electron chi connectivity index (χ1n) is 6.54. The van der Waals surface area contributed by atoms with Crippen LogP contribution in [0.2, 0.25) is 0 Å². The number of carboxylic acid groups (broad SMARTS) is 1. The van der Waals surface area contributed by atoms with Crippen molar-refractivity contribution in [3.8, 4) is 0 Å². The van der Waals surface area contributed by atoms with Crippen LogP contribution in [0.25, 0.3) is 0 Å². The van der Waals surface area contributed by atoms with Gasteiger partial charge in [-0.25, -0.2) is 4.98 Å². The highest BCUT2D eigenvalue weighted by Crippen LogP contribution is 2.26. The molecule has 1 aromatic heterocycles. The zero-order valence-electron chi connectivity index (χ0n) is 11.8. The maximum absolute atomic E-state index is 12.6. The Bertz CT molecular complexity index is 433. The van der Waals surface area contributed by atoms with Crippen LogP contribution >= 0.6 is 0 Å². The number of alkyl halides is 2. The van der Waals surface area contributed by atoms with Crippen molar-refractivity contribution in [3.05, 3.63) is 18.2 Å². The lowest BCUT2D eigenvalue weighted by Gasteiger charge is -2.23. The Balaban J connectivity index is 2.30. The second-order valence-corrected chi connectivity index (χ2v) is 5.51. The van der Waals surface area contributed by atoms with E-state index in [1.54, 1.807) is 0 Å². The number of aliphatic carboxylic acids is 1. The van der Waals surface area contributed by atoms with Crippen LogP contribution in [0.5, 0.6) is 0 Å². The summed E-state index contributed by atoms with van der Waals surface area (Å²) in [5, 5.41) is 11.7. The van der Waals surface area contributed by atoms with Crippen molar-refractivity contribution < 1.29 is 18.7 Å². The van der Waals surface area contributed by atoms with Gasteiger partial charge in [0, 0.05) is 18.8 Å². The SMILES string of the molecule is CC(C)(CCNCc1nccn1C(F)F)CCC(=O)O. The van der Waals surface area contributed by atoms with E-state index in [-0.39, 0.29) is 18.4 Å². The molecule has 0 unspecified atom stereocenters. The highest BCUT2D eigenvalue weighted by molar-refractivity contribution is 5.66. The standard InChI is InChI=1S/C13H21F2N3O2/c1-13(2,4-3-11(19)20)5-6-16-9-10-17-7-8-18(10)12(14)15/h7-8,12,16H,3-6,9H2,1-2H3,(H,19,20). The van der Waals surface area contributed by atoms with Gasteiger partial charge in [-0.1, -0.05) is 13.8 Å². The van der Waals surface area contributed by atoms with Crippen molar-refractivity contribution in [2.75, 3.05) is 6.54 Å². The molecular formula is C13H21F2N3O2. The van der Waals surface area contributed by atoms with E-state index in [4.69, 9.17) is 5.11 Å². The van der Waals surface area contributed by atoms with Crippen LogP contribution in [0.15, 0.2) is 12.4 Å². The van der Waals surface area contributed by atoms with E-state index in [0.29, 0.717) is 18.8 Å². The van der Waals surface area contributed by atoms with E-state index >= 15 is 0 Å². The van der Waals surface area contributed by atoms with Crippen LogP contribution in [-0.4, -0.2) is 27.2 Å². The maximum atomic E-state index is 12.6. The van der Waals surface area contributed by atoms with E-state index in [0.717, 1.165) is 11.0 Å². The molecule has 1 aromatic rings. The second-order valence-electron chi connectivity index (χ2n) is 5.51. The molecular weight excluding hydrogens is 268 g/mol. The molecule has 20 heavy (non-hydrogen) atoms. The molecule has 0 saturated carbocycles. The second kappa shape index (κ2) is 7.33. The monoisotopic (exact) mass is 289 g/mol. The summed E-state index contributed by atoms with van der Waals surface area (Å²) in [6, 6.07) is 0. The summed E-state index contributed by atoms with van der Waals surface area (Å²) >= 11 is 0. The Morgan fingerprint density at radius 2 is 2.20 bits per heavy atom. The van der Waals surface area contributed by atoms with Crippen molar-refractivity contribution in [3.63, 3.8) is 0 Å². The Kier molecular flexibility index (Phi) is 6.06. The zero-order valence-corrected chi connectivity index (χ0v) is 11.8. The molecule has 0 aliphatic carbocycles. The van der Waals surface area contributed by atoms with Crippen molar-refractivity contribution in [1.82, 2.24) is 14.9 Å². The van der Waals surface area contributed by atoms with Gasteiger partial charge >= 0.3 is 12.5 Å². The predicted octanol–water partition coefficient (Wildman–Crippen LogP) is 2.65. The van der Waals surface area contributed by atoms with E-state index in [1.807, 2.05) is 13.8 Å². The molecule has 114 valence electrons. The number of aromatic nitrogens is 2. The summed E-state index contributed by atoms with van der Waals surface area (Å²) in [4.78, 5) is 14.4. The summed E-state index contributed by atoms with van der Waals surface area (Å²) in [5.74, 6) is -0.506. The van der Waals surface area contributed by atoms with Crippen molar-refractivity contribution in [2.45, 2.75) is 46.2 Å². The number of nitrogens with zero attached hydrogens (tertiary/aromatic N) is 2. The third-order valence-electron chi connectivity index (χ3n) is 3.24. The largest absolute Gasteiger partial charge is 0.481 e. The summed E-state index contributed by atoms with van der Waals surface area (Å²) in [6.07, 6.45) is 4.10. The Hall–Kier alpha value is -1.50. The first-order valence-corrected chi connectivity index (χ1v) is 6.54. The van der Waals surface area contributed by atoms with Gasteiger partial charge in [-0.05, 0) is 24.8 Å². The average molecular weight is 289 g/mol. The lowest BCUT2D eigenvalue weighted by atomic mass is 9.84. The van der Waals surface area contributed by atoms with Crippen LogP contribution < -0.4 is 5.32 Å². The van der Waals surface area contributed by atoms with Gasteiger partial charge in [0.15, 0.2) is 0 Å². The molecule has 1 heterocycles. The molecule has 0 amide bonds. The predicted molar refractivity (Wildman–Crippen MR) is 70.5 cm³/mol. The molecule has 0 radical (unpaired) electrons. The highest BCUT2D eigenvalue weighted by atomic mass is 19.3. The van der Waals surface area contributed by atoms with Gasteiger partial charge in [-0.3, -0.25) is 9.36 Å². The Labute approximate surface area is 117 Å². The van der Waals surface area contributed by atoms with E-state index in [9.17, 15) is 13.6 Å². The lowest BCUT2D eigenvalue weighted by Crippen LogP contribution is -2.24. The van der Waals surface area contributed by atoms with Gasteiger partial charge in [-0.15, -0.1) is 0 Å². The molecule has 7 heteroatoms. The normalized spacial score (nSPS) is 12.1. The zero-order chi connectivity index (χ0) is 15.2. The summed E-state index contributed by atoms with van der Waals surface area (Å²) in [6.45, 7) is 2.31. The molecule has 5 nitrogen and oxygen atoms in total. The van der Waals surface area contributed by atoms with Gasteiger partial charge in [0.2, 0.25) is 0 Å². The van der Waals surface area contributed by atoms with Crippen LogP contribution in [0.1, 0.15) is 45.5 Å². The molecule has 2 N–H and O–H groups in total. The minimum Gasteiger partial charge on any atom is -0.481 e.